The lowest BCUT2D eigenvalue weighted by Gasteiger charge is -2.05. The monoisotopic (exact) mass is 242 g/mol. The molecule has 16 heavy (non-hydrogen) atoms. The van der Waals surface area contributed by atoms with Crippen LogP contribution < -0.4 is 0 Å². The van der Waals surface area contributed by atoms with E-state index in [1.807, 2.05) is 30.3 Å². The third-order valence-electron chi connectivity index (χ3n) is 1.78. The normalized spacial score (nSPS) is 12.2. The lowest BCUT2D eigenvalue weighted by Crippen LogP contribution is -2.04. The van der Waals surface area contributed by atoms with E-state index in [9.17, 15) is 8.42 Å². The summed E-state index contributed by atoms with van der Waals surface area (Å²) >= 11 is 0. The zero-order chi connectivity index (χ0) is 12.0. The molecule has 1 aromatic rings. The molecule has 0 aliphatic carbocycles. The van der Waals surface area contributed by atoms with Crippen LogP contribution in [0.5, 0.6) is 0 Å². The van der Waals surface area contributed by atoms with Crippen LogP contribution in [0.2, 0.25) is 0 Å². The molecule has 5 heteroatoms. The van der Waals surface area contributed by atoms with Crippen LogP contribution in [0.3, 0.4) is 0 Å². The van der Waals surface area contributed by atoms with Gasteiger partial charge in [0.1, 0.15) is 0 Å². The SMILES string of the molecule is CO/C(=C\Cc1ccccc1)OS(C)(=O)=O. The fourth-order valence-corrected chi connectivity index (χ4v) is 1.55. The summed E-state index contributed by atoms with van der Waals surface area (Å²) in [6.45, 7) is 0. The van der Waals surface area contributed by atoms with Gasteiger partial charge in [-0.3, -0.25) is 0 Å². The van der Waals surface area contributed by atoms with Gasteiger partial charge < -0.3 is 8.92 Å². The largest absolute Gasteiger partial charge is 0.468 e. The van der Waals surface area contributed by atoms with Crippen LogP contribution in [-0.4, -0.2) is 21.8 Å². The molecule has 0 saturated heterocycles. The van der Waals surface area contributed by atoms with Crippen molar-refractivity contribution in [3.8, 4) is 0 Å². The topological polar surface area (TPSA) is 52.6 Å². The molecule has 1 rings (SSSR count). The summed E-state index contributed by atoms with van der Waals surface area (Å²) in [5.41, 5.74) is 1.05. The molecule has 1 aromatic carbocycles. The Kier molecular flexibility index (Phi) is 4.37. The summed E-state index contributed by atoms with van der Waals surface area (Å²) in [5, 5.41) is 0. The van der Waals surface area contributed by atoms with Gasteiger partial charge in [-0.1, -0.05) is 30.3 Å². The maximum absolute atomic E-state index is 10.9. The van der Waals surface area contributed by atoms with Crippen molar-refractivity contribution < 1.29 is 17.3 Å². The van der Waals surface area contributed by atoms with E-state index in [0.29, 0.717) is 6.42 Å². The van der Waals surface area contributed by atoms with Crippen molar-refractivity contribution in [2.75, 3.05) is 13.4 Å². The van der Waals surface area contributed by atoms with Crippen LogP contribution in [0.1, 0.15) is 5.56 Å². The average Bonchev–Trinajstić information content (AvgIpc) is 2.24. The molecule has 88 valence electrons. The highest BCUT2D eigenvalue weighted by atomic mass is 32.2. The van der Waals surface area contributed by atoms with Gasteiger partial charge in [0.05, 0.1) is 13.4 Å². The second-order valence-corrected chi connectivity index (χ2v) is 4.78. The minimum Gasteiger partial charge on any atom is -0.468 e. The van der Waals surface area contributed by atoms with Crippen molar-refractivity contribution in [2.45, 2.75) is 6.42 Å². The maximum Gasteiger partial charge on any atom is 0.308 e. The third kappa shape index (κ3) is 4.84. The Bertz CT molecular complexity index is 448. The molecule has 0 atom stereocenters. The van der Waals surface area contributed by atoms with Crippen molar-refractivity contribution in [2.24, 2.45) is 0 Å². The van der Waals surface area contributed by atoms with Crippen LogP contribution in [0.15, 0.2) is 42.4 Å². The average molecular weight is 242 g/mol. The summed E-state index contributed by atoms with van der Waals surface area (Å²) in [7, 11) is -2.17. The summed E-state index contributed by atoms with van der Waals surface area (Å²) < 4.78 is 31.2. The van der Waals surface area contributed by atoms with Gasteiger partial charge >= 0.3 is 10.1 Å². The molecule has 0 radical (unpaired) electrons. The van der Waals surface area contributed by atoms with Gasteiger partial charge in [-0.25, -0.2) is 0 Å². The Morgan fingerprint density at radius 2 is 1.94 bits per heavy atom. The van der Waals surface area contributed by atoms with Crippen molar-refractivity contribution in [1.29, 1.82) is 0 Å². The molecule has 0 amide bonds. The Balaban J connectivity index is 2.68. The molecule has 0 aliphatic heterocycles. The molecule has 0 bridgehead atoms. The molecule has 0 saturated carbocycles. The first-order valence-corrected chi connectivity index (χ1v) is 6.50. The summed E-state index contributed by atoms with van der Waals surface area (Å²) in [6, 6.07) is 9.60. The number of allylic oxidation sites excluding steroid dienone is 1. The third-order valence-corrected chi connectivity index (χ3v) is 2.25. The number of benzene rings is 1. The van der Waals surface area contributed by atoms with Crippen molar-refractivity contribution in [1.82, 2.24) is 0 Å². The highest BCUT2D eigenvalue weighted by Gasteiger charge is 2.06. The van der Waals surface area contributed by atoms with Gasteiger partial charge in [0.25, 0.3) is 5.95 Å². The number of methoxy groups -OCH3 is 1. The Labute approximate surface area is 95.6 Å². The summed E-state index contributed by atoms with van der Waals surface area (Å²) in [4.78, 5) is 0. The van der Waals surface area contributed by atoms with E-state index in [-0.39, 0.29) is 5.95 Å². The van der Waals surface area contributed by atoms with E-state index >= 15 is 0 Å². The van der Waals surface area contributed by atoms with Crippen LogP contribution in [0.25, 0.3) is 0 Å². The molecule has 4 nitrogen and oxygen atoms in total. The highest BCUT2D eigenvalue weighted by molar-refractivity contribution is 7.86. The maximum atomic E-state index is 10.9. The fraction of sp³-hybridized carbons (Fsp3) is 0.273. The lowest BCUT2D eigenvalue weighted by molar-refractivity contribution is 0.155. The summed E-state index contributed by atoms with van der Waals surface area (Å²) in [5.74, 6) is -0.00801. The van der Waals surface area contributed by atoms with E-state index in [1.165, 1.54) is 7.11 Å². The van der Waals surface area contributed by atoms with Gasteiger partial charge in [-0.05, 0) is 12.0 Å². The van der Waals surface area contributed by atoms with E-state index < -0.39 is 10.1 Å². The quantitative estimate of drug-likeness (QED) is 0.582. The predicted octanol–water partition coefficient (Wildman–Crippen LogP) is 1.69. The standard InChI is InChI=1S/C11H14O4S/c1-14-11(15-16(2,12)13)9-8-10-6-4-3-5-7-10/h3-7,9H,8H2,1-2H3/b11-9+. The number of ether oxygens (including phenoxy) is 1. The van der Waals surface area contributed by atoms with Crippen molar-refractivity contribution in [3.05, 3.63) is 47.9 Å². The van der Waals surface area contributed by atoms with Crippen LogP contribution in [0, 0.1) is 0 Å². The molecule has 0 heterocycles. The van der Waals surface area contributed by atoms with E-state index in [2.05, 4.69) is 4.18 Å². The van der Waals surface area contributed by atoms with Gasteiger partial charge in [-0.2, -0.15) is 8.42 Å². The minimum absolute atomic E-state index is 0.00801. The molecule has 0 spiro atoms. The Morgan fingerprint density at radius 1 is 1.31 bits per heavy atom. The lowest BCUT2D eigenvalue weighted by atomic mass is 10.1. The molecule has 0 N–H and O–H groups in total. The smallest absolute Gasteiger partial charge is 0.308 e. The predicted molar refractivity (Wildman–Crippen MR) is 61.2 cm³/mol. The van der Waals surface area contributed by atoms with Crippen molar-refractivity contribution >= 4 is 10.1 Å². The highest BCUT2D eigenvalue weighted by Crippen LogP contribution is 2.07. The van der Waals surface area contributed by atoms with Crippen LogP contribution >= 0.6 is 0 Å². The molecular formula is C11H14O4S. The first kappa shape index (κ1) is 12.6. The van der Waals surface area contributed by atoms with Crippen molar-refractivity contribution in [3.63, 3.8) is 0 Å². The molecule has 0 unspecified atom stereocenters. The first-order valence-electron chi connectivity index (χ1n) is 4.69. The number of hydrogen-bond acceptors (Lipinski definition) is 4. The number of rotatable bonds is 5. The van der Waals surface area contributed by atoms with Gasteiger partial charge in [0.2, 0.25) is 0 Å². The molecular weight excluding hydrogens is 228 g/mol. The van der Waals surface area contributed by atoms with Crippen LogP contribution in [-0.2, 0) is 25.5 Å². The molecule has 0 aromatic heterocycles. The second kappa shape index (κ2) is 5.55. The molecule has 0 fully saturated rings. The second-order valence-electron chi connectivity index (χ2n) is 3.20. The van der Waals surface area contributed by atoms with E-state index in [1.54, 1.807) is 6.08 Å². The van der Waals surface area contributed by atoms with E-state index in [0.717, 1.165) is 11.8 Å². The van der Waals surface area contributed by atoms with Gasteiger partial charge in [0, 0.05) is 6.08 Å². The molecule has 0 aliphatic rings. The number of hydrogen-bond donors (Lipinski definition) is 0. The first-order chi connectivity index (χ1) is 7.51. The van der Waals surface area contributed by atoms with Gasteiger partial charge in [-0.15, -0.1) is 0 Å². The zero-order valence-electron chi connectivity index (χ0n) is 9.21. The zero-order valence-corrected chi connectivity index (χ0v) is 10.0. The van der Waals surface area contributed by atoms with Gasteiger partial charge in [0.15, 0.2) is 0 Å². The van der Waals surface area contributed by atoms with E-state index in [4.69, 9.17) is 4.74 Å². The fourth-order valence-electron chi connectivity index (χ4n) is 1.12. The minimum atomic E-state index is -3.53. The Hall–Kier alpha value is -1.49. The summed E-state index contributed by atoms with van der Waals surface area (Å²) in [6.07, 6.45) is 3.11. The Morgan fingerprint density at radius 3 is 2.44 bits per heavy atom. The van der Waals surface area contributed by atoms with Crippen LogP contribution in [0.4, 0.5) is 0 Å².